The van der Waals surface area contributed by atoms with Crippen LogP contribution in [0.4, 0.5) is 17.3 Å². The fourth-order valence-corrected chi connectivity index (χ4v) is 6.33. The lowest BCUT2D eigenvalue weighted by Crippen LogP contribution is -2.49. The van der Waals surface area contributed by atoms with Crippen molar-refractivity contribution in [2.45, 2.75) is 26.1 Å². The summed E-state index contributed by atoms with van der Waals surface area (Å²) in [5.74, 6) is 1.68. The third-order valence-electron chi connectivity index (χ3n) is 6.67. The molecular weight excluding hydrogens is 526 g/mol. The Morgan fingerprint density at radius 2 is 1.92 bits per heavy atom. The number of rotatable bonds is 6. The summed E-state index contributed by atoms with van der Waals surface area (Å²) in [5, 5.41) is 14.2. The summed E-state index contributed by atoms with van der Waals surface area (Å²) in [7, 11) is 0. The van der Waals surface area contributed by atoms with Crippen molar-refractivity contribution in [1.82, 2.24) is 14.8 Å². The lowest BCUT2D eigenvalue weighted by atomic mass is 10.0. The van der Waals surface area contributed by atoms with E-state index in [4.69, 9.17) is 16.3 Å². The molecule has 0 saturated carbocycles. The van der Waals surface area contributed by atoms with Gasteiger partial charge in [-0.15, -0.1) is 21.1 Å². The average Bonchev–Trinajstić information content (AvgIpc) is 3.65. The van der Waals surface area contributed by atoms with E-state index in [1.54, 1.807) is 11.7 Å². The summed E-state index contributed by atoms with van der Waals surface area (Å²) in [6.07, 6.45) is 2.11. The van der Waals surface area contributed by atoms with Crippen molar-refractivity contribution in [1.29, 1.82) is 0 Å². The number of nitrogens with one attached hydrogen (secondary N) is 3. The zero-order chi connectivity index (χ0) is 26.4. The number of anilines is 3. The Morgan fingerprint density at radius 3 is 2.61 bits per heavy atom. The molecule has 38 heavy (non-hydrogen) atoms. The van der Waals surface area contributed by atoms with E-state index in [1.165, 1.54) is 0 Å². The minimum Gasteiger partial charge on any atom is -0.390 e. The van der Waals surface area contributed by atoms with Gasteiger partial charge in [0.15, 0.2) is 11.7 Å². The maximum atomic E-state index is 11.8. The Labute approximate surface area is 229 Å². The Bertz CT molecular complexity index is 1470. The topological polar surface area (TPSA) is 97.4 Å². The van der Waals surface area contributed by atoms with Gasteiger partial charge in [0.1, 0.15) is 17.1 Å². The minimum absolute atomic E-state index is 0.0897. The second-order valence-corrected chi connectivity index (χ2v) is 10.7. The molecule has 2 aromatic rings. The predicted octanol–water partition coefficient (Wildman–Crippen LogP) is 2.84. The molecule has 0 bridgehead atoms. The van der Waals surface area contributed by atoms with Gasteiger partial charge < -0.3 is 20.6 Å². The lowest BCUT2D eigenvalue weighted by molar-refractivity contribution is -0.505. The summed E-state index contributed by atoms with van der Waals surface area (Å²) in [6, 6.07) is 16.3. The van der Waals surface area contributed by atoms with Gasteiger partial charge >= 0.3 is 0 Å². The van der Waals surface area contributed by atoms with Crippen LogP contribution >= 0.6 is 23.3 Å². The number of halogens is 1. The molecule has 1 fully saturated rings. The molecule has 198 valence electrons. The fraction of sp³-hybridized carbons (Fsp3) is 0.308. The standard InChI is InChI=1S/C26H28ClN7O3S/c1-16-12-31(13-17(2)37-16)24-9-7-21-26(18-3-5-19(6-4-18)28-23(36)11-27)22-8-10-25(34(22)38-33(21)24)32-14-20(15-35)29-30-32/h3-10,14,16-17,29-30,35H,11-13,15H2,1-2H3/p+1. The van der Waals surface area contributed by atoms with Crippen LogP contribution in [0, 0.1) is 0 Å². The molecule has 1 saturated heterocycles. The first-order valence-electron chi connectivity index (χ1n) is 12.4. The molecule has 10 nitrogen and oxygen atoms in total. The first-order chi connectivity index (χ1) is 18.4. The number of amides is 1. The molecule has 4 N–H and O–H groups in total. The summed E-state index contributed by atoms with van der Waals surface area (Å²) < 4.78 is 10.4. The van der Waals surface area contributed by atoms with E-state index in [2.05, 4.69) is 61.0 Å². The van der Waals surface area contributed by atoms with Crippen LogP contribution in [0.3, 0.4) is 0 Å². The normalized spacial score (nSPS) is 19.7. The van der Waals surface area contributed by atoms with Gasteiger partial charge in [-0.05, 0) is 43.7 Å². The SMILES string of the molecule is CC1CN(c2ccc3c(-c4ccc(NC(=O)CCl)cc4)c4ccc(N5C=C(CO)NN5)n4s[n+]2-3)CC(C)O1. The third kappa shape index (κ3) is 4.46. The molecule has 6 rings (SSSR count). The number of carbonyl (C=O) groups excluding carboxylic acids is 1. The number of ether oxygens (including phenoxy) is 1. The Morgan fingerprint density at radius 1 is 1.16 bits per heavy atom. The van der Waals surface area contributed by atoms with Gasteiger partial charge in [-0.2, -0.15) is 3.79 Å². The van der Waals surface area contributed by atoms with Gasteiger partial charge in [0.05, 0.1) is 43.2 Å². The fourth-order valence-electron chi connectivity index (χ4n) is 5.12. The van der Waals surface area contributed by atoms with Crippen molar-refractivity contribution in [3.63, 3.8) is 0 Å². The van der Waals surface area contributed by atoms with Crippen molar-refractivity contribution in [2.24, 2.45) is 0 Å². The molecule has 2 atom stereocenters. The van der Waals surface area contributed by atoms with Gasteiger partial charge in [-0.25, -0.2) is 5.01 Å². The molecule has 0 radical (unpaired) electrons. The number of hydrogen-bond acceptors (Lipinski definition) is 8. The number of benzene rings is 1. The summed E-state index contributed by atoms with van der Waals surface area (Å²) >= 11 is 7.27. The molecular formula is C26H29ClN7O3S+. The van der Waals surface area contributed by atoms with Crippen LogP contribution in [0.15, 0.2) is 60.4 Å². The molecule has 1 amide bonds. The number of morpholine rings is 1. The summed E-state index contributed by atoms with van der Waals surface area (Å²) in [4.78, 5) is 14.1. The monoisotopic (exact) mass is 554 g/mol. The average molecular weight is 555 g/mol. The van der Waals surface area contributed by atoms with Crippen molar-refractivity contribution in [3.05, 3.63) is 60.4 Å². The lowest BCUT2D eigenvalue weighted by Gasteiger charge is -2.32. The first kappa shape index (κ1) is 25.0. The number of aromatic nitrogens is 2. The van der Waals surface area contributed by atoms with E-state index in [0.717, 1.165) is 47.1 Å². The largest absolute Gasteiger partial charge is 0.390 e. The van der Waals surface area contributed by atoms with Crippen LogP contribution in [0.5, 0.6) is 0 Å². The van der Waals surface area contributed by atoms with Gasteiger partial charge in [0.25, 0.3) is 0 Å². The van der Waals surface area contributed by atoms with Crippen LogP contribution in [-0.2, 0) is 9.53 Å². The smallest absolute Gasteiger partial charge is 0.239 e. The van der Waals surface area contributed by atoms with Gasteiger partial charge in [0, 0.05) is 24.0 Å². The van der Waals surface area contributed by atoms with Crippen molar-refractivity contribution >= 4 is 52.1 Å². The predicted molar refractivity (Wildman–Crippen MR) is 149 cm³/mol. The third-order valence-corrected chi connectivity index (χ3v) is 8.01. The Hall–Kier alpha value is -3.35. The summed E-state index contributed by atoms with van der Waals surface area (Å²) in [5.41, 5.74) is 11.7. The van der Waals surface area contributed by atoms with Crippen LogP contribution in [0.25, 0.3) is 22.3 Å². The van der Waals surface area contributed by atoms with E-state index in [0.29, 0.717) is 11.4 Å². The number of hydrazine groups is 2. The zero-order valence-corrected chi connectivity index (χ0v) is 22.6. The van der Waals surface area contributed by atoms with Crippen LogP contribution in [-0.4, -0.2) is 52.6 Å². The molecule has 1 aromatic heterocycles. The molecule has 0 spiro atoms. The van der Waals surface area contributed by atoms with Gasteiger partial charge in [-0.1, -0.05) is 12.1 Å². The number of alkyl halides is 1. The quantitative estimate of drug-likeness (QED) is 0.215. The highest BCUT2D eigenvalue weighted by Crippen LogP contribution is 2.37. The molecule has 4 aliphatic heterocycles. The second-order valence-electron chi connectivity index (χ2n) is 9.54. The molecule has 5 heterocycles. The van der Waals surface area contributed by atoms with Crippen LogP contribution in [0.1, 0.15) is 13.8 Å². The van der Waals surface area contributed by atoms with Crippen LogP contribution < -0.4 is 30.1 Å². The number of fused-ring (bicyclic) bond motifs is 2. The van der Waals surface area contributed by atoms with E-state index in [-0.39, 0.29) is 30.6 Å². The highest BCUT2D eigenvalue weighted by atomic mass is 35.5. The molecule has 12 heteroatoms. The van der Waals surface area contributed by atoms with Crippen LogP contribution in [0.2, 0.25) is 0 Å². The second kappa shape index (κ2) is 10.1. The molecule has 0 aliphatic carbocycles. The van der Waals surface area contributed by atoms with E-state index >= 15 is 0 Å². The highest BCUT2D eigenvalue weighted by molar-refractivity contribution is 6.96. The minimum atomic E-state index is -0.242. The van der Waals surface area contributed by atoms with E-state index in [9.17, 15) is 9.90 Å². The maximum absolute atomic E-state index is 11.8. The van der Waals surface area contributed by atoms with Gasteiger partial charge in [0.2, 0.25) is 17.5 Å². The number of hydrogen-bond donors (Lipinski definition) is 4. The maximum Gasteiger partial charge on any atom is 0.239 e. The Kier molecular flexibility index (Phi) is 6.62. The molecule has 4 aliphatic rings. The zero-order valence-electron chi connectivity index (χ0n) is 21.0. The summed E-state index contributed by atoms with van der Waals surface area (Å²) in [6.45, 7) is 5.75. The van der Waals surface area contributed by atoms with E-state index in [1.807, 2.05) is 41.5 Å². The first-order valence-corrected chi connectivity index (χ1v) is 13.7. The number of aliphatic hydroxyl groups is 1. The van der Waals surface area contributed by atoms with Crippen molar-refractivity contribution in [3.8, 4) is 16.8 Å². The number of nitrogens with zero attached hydrogens (tertiary/aromatic N) is 4. The Balaban J connectivity index is 1.50. The number of carbonyl (C=O) groups is 1. The van der Waals surface area contributed by atoms with Crippen molar-refractivity contribution < 1.29 is 18.6 Å². The molecule has 2 unspecified atom stereocenters. The molecule has 1 aromatic carbocycles. The number of aliphatic hydroxyl groups excluding tert-OH is 1. The van der Waals surface area contributed by atoms with Crippen molar-refractivity contribution in [2.75, 3.05) is 40.8 Å². The highest BCUT2D eigenvalue weighted by Gasteiger charge is 2.33. The van der Waals surface area contributed by atoms with Gasteiger partial charge in [-0.3, -0.25) is 9.69 Å². The van der Waals surface area contributed by atoms with E-state index < -0.39 is 0 Å².